The number of para-hydroxylation sites is 1. The molecule has 27 heavy (non-hydrogen) atoms. The first kappa shape index (κ1) is 18.1. The normalized spacial score (nSPS) is 15.0. The van der Waals surface area contributed by atoms with Crippen molar-refractivity contribution in [1.29, 1.82) is 0 Å². The minimum atomic E-state index is -0.892. The van der Waals surface area contributed by atoms with Crippen LogP contribution >= 0.6 is 0 Å². The third kappa shape index (κ3) is 3.50. The number of anilines is 2. The van der Waals surface area contributed by atoms with Crippen molar-refractivity contribution in [1.82, 2.24) is 0 Å². The Balaban J connectivity index is 1.81. The van der Waals surface area contributed by atoms with Crippen LogP contribution in [0.5, 0.6) is 0 Å². The van der Waals surface area contributed by atoms with Crippen LogP contribution in [0, 0.1) is 0 Å². The number of nitrogens with zero attached hydrogens (tertiary/aromatic N) is 1. The SMILES string of the molecule is COC(=O)C1CN(C(=O)C(=O)Nc2cccc(C(N)=O)c2)c2ccccc21. The maximum atomic E-state index is 12.7. The highest BCUT2D eigenvalue weighted by Crippen LogP contribution is 2.36. The molecule has 1 unspecified atom stereocenters. The van der Waals surface area contributed by atoms with Gasteiger partial charge in [0.25, 0.3) is 0 Å². The fourth-order valence-corrected chi connectivity index (χ4v) is 3.00. The summed E-state index contributed by atoms with van der Waals surface area (Å²) in [5, 5.41) is 2.45. The summed E-state index contributed by atoms with van der Waals surface area (Å²) in [7, 11) is 1.27. The van der Waals surface area contributed by atoms with Gasteiger partial charge in [0.2, 0.25) is 5.91 Å². The number of ether oxygens (including phenoxy) is 1. The lowest BCUT2D eigenvalue weighted by Crippen LogP contribution is -2.39. The van der Waals surface area contributed by atoms with Crippen LogP contribution in [-0.4, -0.2) is 37.3 Å². The van der Waals surface area contributed by atoms with E-state index in [-0.39, 0.29) is 17.8 Å². The molecule has 0 bridgehead atoms. The van der Waals surface area contributed by atoms with Gasteiger partial charge in [0.1, 0.15) is 5.92 Å². The number of fused-ring (bicyclic) bond motifs is 1. The highest BCUT2D eigenvalue weighted by Gasteiger charge is 2.39. The molecule has 0 fully saturated rings. The van der Waals surface area contributed by atoms with Crippen molar-refractivity contribution >= 4 is 35.1 Å². The van der Waals surface area contributed by atoms with E-state index in [1.165, 1.54) is 30.2 Å². The van der Waals surface area contributed by atoms with Crippen LogP contribution in [0.2, 0.25) is 0 Å². The maximum Gasteiger partial charge on any atom is 0.316 e. The van der Waals surface area contributed by atoms with E-state index >= 15 is 0 Å². The smallest absolute Gasteiger partial charge is 0.316 e. The lowest BCUT2D eigenvalue weighted by Gasteiger charge is -2.17. The standard InChI is InChI=1S/C19H17N3O5/c1-27-19(26)14-10-22(15-8-3-2-7-13(14)15)18(25)17(24)21-12-6-4-5-11(9-12)16(20)23/h2-9,14H,10H2,1H3,(H2,20,23)(H,21,24). The monoisotopic (exact) mass is 367 g/mol. The number of benzene rings is 2. The zero-order valence-electron chi connectivity index (χ0n) is 14.5. The van der Waals surface area contributed by atoms with Gasteiger partial charge in [-0.25, -0.2) is 0 Å². The Kier molecular flexibility index (Phi) is 4.89. The summed E-state index contributed by atoms with van der Waals surface area (Å²) in [5.41, 5.74) is 6.79. The molecule has 0 aliphatic carbocycles. The van der Waals surface area contributed by atoms with Gasteiger partial charge in [0, 0.05) is 23.5 Å². The maximum absolute atomic E-state index is 12.7. The number of nitrogens with two attached hydrogens (primary N) is 1. The van der Waals surface area contributed by atoms with Crippen molar-refractivity contribution in [2.45, 2.75) is 5.92 Å². The summed E-state index contributed by atoms with van der Waals surface area (Å²) in [4.78, 5) is 49.5. The molecule has 8 nitrogen and oxygen atoms in total. The van der Waals surface area contributed by atoms with Crippen molar-refractivity contribution in [3.8, 4) is 0 Å². The number of amides is 3. The van der Waals surface area contributed by atoms with Crippen LogP contribution in [0.1, 0.15) is 21.8 Å². The summed E-state index contributed by atoms with van der Waals surface area (Å²) in [6, 6.07) is 12.8. The first-order valence-corrected chi connectivity index (χ1v) is 8.12. The van der Waals surface area contributed by atoms with E-state index in [0.717, 1.165) is 0 Å². The van der Waals surface area contributed by atoms with Gasteiger partial charge in [-0.15, -0.1) is 0 Å². The molecule has 0 aromatic heterocycles. The number of carbonyl (C=O) groups excluding carboxylic acids is 4. The first-order valence-electron chi connectivity index (χ1n) is 8.12. The van der Waals surface area contributed by atoms with Crippen LogP contribution in [0.15, 0.2) is 48.5 Å². The summed E-state index contributed by atoms with van der Waals surface area (Å²) < 4.78 is 4.79. The van der Waals surface area contributed by atoms with Gasteiger partial charge < -0.3 is 20.7 Å². The zero-order chi connectivity index (χ0) is 19.6. The van der Waals surface area contributed by atoms with E-state index in [4.69, 9.17) is 10.5 Å². The van der Waals surface area contributed by atoms with Crippen LogP contribution < -0.4 is 16.0 Å². The van der Waals surface area contributed by atoms with Gasteiger partial charge in [0.05, 0.1) is 7.11 Å². The van der Waals surface area contributed by atoms with Crippen LogP contribution in [0.3, 0.4) is 0 Å². The Bertz CT molecular complexity index is 940. The molecule has 1 aliphatic heterocycles. The van der Waals surface area contributed by atoms with E-state index in [1.54, 1.807) is 30.3 Å². The minimum Gasteiger partial charge on any atom is -0.468 e. The van der Waals surface area contributed by atoms with Gasteiger partial charge >= 0.3 is 17.8 Å². The number of carbonyl (C=O) groups is 4. The molecule has 1 heterocycles. The molecule has 2 aromatic carbocycles. The van der Waals surface area contributed by atoms with E-state index < -0.39 is 29.6 Å². The second kappa shape index (κ2) is 7.28. The minimum absolute atomic E-state index is 0.0135. The lowest BCUT2D eigenvalue weighted by molar-refractivity contribution is -0.142. The molecule has 138 valence electrons. The number of hydrogen-bond acceptors (Lipinski definition) is 5. The van der Waals surface area contributed by atoms with Gasteiger partial charge in [-0.1, -0.05) is 24.3 Å². The molecule has 3 N–H and O–H groups in total. The molecule has 2 aromatic rings. The molecule has 0 saturated carbocycles. The topological polar surface area (TPSA) is 119 Å². The molecule has 3 rings (SSSR count). The van der Waals surface area contributed by atoms with E-state index in [2.05, 4.69) is 5.32 Å². The fourth-order valence-electron chi connectivity index (χ4n) is 3.00. The molecule has 1 atom stereocenters. The van der Waals surface area contributed by atoms with Crippen LogP contribution in [0.4, 0.5) is 11.4 Å². The molecule has 0 spiro atoms. The average molecular weight is 367 g/mol. The Morgan fingerprint density at radius 2 is 1.85 bits per heavy atom. The second-order valence-electron chi connectivity index (χ2n) is 5.95. The van der Waals surface area contributed by atoms with Crippen LogP contribution in [0.25, 0.3) is 0 Å². The molecule has 0 saturated heterocycles. The van der Waals surface area contributed by atoms with Crippen LogP contribution in [-0.2, 0) is 19.1 Å². The summed E-state index contributed by atoms with van der Waals surface area (Å²) in [5.74, 6) is -3.49. The summed E-state index contributed by atoms with van der Waals surface area (Å²) in [6.45, 7) is 0.0135. The summed E-state index contributed by atoms with van der Waals surface area (Å²) in [6.07, 6.45) is 0. The van der Waals surface area contributed by atoms with Gasteiger partial charge in [-0.3, -0.25) is 19.2 Å². The number of rotatable bonds is 3. The predicted molar refractivity (Wildman–Crippen MR) is 97.1 cm³/mol. The molecular formula is C19H17N3O5. The number of hydrogen-bond donors (Lipinski definition) is 2. The second-order valence-corrected chi connectivity index (χ2v) is 5.95. The molecule has 3 amide bonds. The van der Waals surface area contributed by atoms with E-state index in [0.29, 0.717) is 11.3 Å². The van der Waals surface area contributed by atoms with Crippen molar-refractivity contribution < 1.29 is 23.9 Å². The third-order valence-corrected chi connectivity index (χ3v) is 4.30. The highest BCUT2D eigenvalue weighted by molar-refractivity contribution is 6.44. The Morgan fingerprint density at radius 3 is 2.56 bits per heavy atom. The van der Waals surface area contributed by atoms with E-state index in [1.807, 2.05) is 0 Å². The lowest BCUT2D eigenvalue weighted by atomic mass is 10.0. The van der Waals surface area contributed by atoms with Crippen molar-refractivity contribution in [3.63, 3.8) is 0 Å². The number of methoxy groups -OCH3 is 1. The molecular weight excluding hydrogens is 350 g/mol. The Hall–Kier alpha value is -3.68. The Labute approximate surface area is 154 Å². The van der Waals surface area contributed by atoms with Gasteiger partial charge in [-0.2, -0.15) is 0 Å². The summed E-state index contributed by atoms with van der Waals surface area (Å²) >= 11 is 0. The van der Waals surface area contributed by atoms with Gasteiger partial charge in [0.15, 0.2) is 0 Å². The fraction of sp³-hybridized carbons (Fsp3) is 0.158. The van der Waals surface area contributed by atoms with Crippen molar-refractivity contribution in [2.24, 2.45) is 5.73 Å². The zero-order valence-corrected chi connectivity index (χ0v) is 14.5. The van der Waals surface area contributed by atoms with Crippen molar-refractivity contribution in [2.75, 3.05) is 23.9 Å². The molecule has 0 radical (unpaired) electrons. The number of primary amides is 1. The molecule has 1 aliphatic rings. The predicted octanol–water partition coefficient (Wildman–Crippen LogP) is 1.03. The highest BCUT2D eigenvalue weighted by atomic mass is 16.5. The quantitative estimate of drug-likeness (QED) is 0.620. The third-order valence-electron chi connectivity index (χ3n) is 4.30. The number of esters is 1. The first-order chi connectivity index (χ1) is 12.9. The van der Waals surface area contributed by atoms with Crippen molar-refractivity contribution in [3.05, 3.63) is 59.7 Å². The van der Waals surface area contributed by atoms with E-state index in [9.17, 15) is 19.2 Å². The van der Waals surface area contributed by atoms with Gasteiger partial charge in [-0.05, 0) is 29.8 Å². The number of nitrogens with one attached hydrogen (secondary N) is 1. The largest absolute Gasteiger partial charge is 0.468 e. The molecule has 8 heteroatoms. The average Bonchev–Trinajstić information content (AvgIpc) is 3.06. The Morgan fingerprint density at radius 1 is 1.11 bits per heavy atom.